The van der Waals surface area contributed by atoms with Crippen LogP contribution in [0, 0.1) is 0 Å². The fourth-order valence-electron chi connectivity index (χ4n) is 2.31. The summed E-state index contributed by atoms with van der Waals surface area (Å²) in [6, 6.07) is 8.15. The van der Waals surface area contributed by atoms with Crippen LogP contribution in [-0.4, -0.2) is 39.3 Å². The minimum atomic E-state index is -0.408. The number of hydrogen-bond donors (Lipinski definition) is 1. The molecule has 2 rings (SSSR count). The van der Waals surface area contributed by atoms with Crippen LogP contribution in [0.3, 0.4) is 0 Å². The van der Waals surface area contributed by atoms with Crippen molar-refractivity contribution in [2.24, 2.45) is 0 Å². The van der Waals surface area contributed by atoms with Crippen LogP contribution >= 0.6 is 0 Å². The third-order valence-corrected chi connectivity index (χ3v) is 3.61. The summed E-state index contributed by atoms with van der Waals surface area (Å²) in [6.45, 7) is 0. The van der Waals surface area contributed by atoms with Gasteiger partial charge in [0.2, 0.25) is 0 Å². The normalized spacial score (nSPS) is 10.6. The zero-order valence-electron chi connectivity index (χ0n) is 14.5. The van der Waals surface area contributed by atoms with Gasteiger partial charge in [-0.2, -0.15) is 0 Å². The Morgan fingerprint density at radius 2 is 1.52 bits per heavy atom. The van der Waals surface area contributed by atoms with E-state index in [0.29, 0.717) is 22.8 Å². The number of carbonyl (C=O) groups is 1. The van der Waals surface area contributed by atoms with E-state index in [4.69, 9.17) is 18.9 Å². The van der Waals surface area contributed by atoms with E-state index in [1.54, 1.807) is 31.4 Å². The number of ketones is 1. The summed E-state index contributed by atoms with van der Waals surface area (Å²) in [5.74, 6) is 1.21. The lowest BCUT2D eigenvalue weighted by molar-refractivity contribution is 0.104. The molecule has 132 valence electrons. The molecular formula is C19H20O6. The molecule has 6 heteroatoms. The molecule has 0 heterocycles. The van der Waals surface area contributed by atoms with Crippen LogP contribution in [0.4, 0.5) is 0 Å². The number of hydrogen-bond acceptors (Lipinski definition) is 6. The monoisotopic (exact) mass is 344 g/mol. The van der Waals surface area contributed by atoms with Crippen molar-refractivity contribution in [2.75, 3.05) is 28.4 Å². The molecule has 0 atom stereocenters. The molecule has 0 unspecified atom stereocenters. The van der Waals surface area contributed by atoms with Gasteiger partial charge in [0.25, 0.3) is 0 Å². The van der Waals surface area contributed by atoms with E-state index in [-0.39, 0.29) is 17.1 Å². The van der Waals surface area contributed by atoms with Crippen LogP contribution in [-0.2, 0) is 0 Å². The molecule has 0 saturated heterocycles. The van der Waals surface area contributed by atoms with Crippen LogP contribution in [0.15, 0.2) is 36.4 Å². The lowest BCUT2D eigenvalue weighted by Crippen LogP contribution is -2.00. The molecule has 25 heavy (non-hydrogen) atoms. The Hall–Kier alpha value is -3.15. The quantitative estimate of drug-likeness (QED) is 0.613. The van der Waals surface area contributed by atoms with Crippen molar-refractivity contribution in [1.82, 2.24) is 0 Å². The number of phenolic OH excluding ortho intramolecular Hbond substituents is 1. The van der Waals surface area contributed by atoms with E-state index < -0.39 is 5.78 Å². The maximum Gasteiger partial charge on any atom is 0.193 e. The highest BCUT2D eigenvalue weighted by Crippen LogP contribution is 2.34. The SMILES string of the molecule is COc1ccc(/C=C/C(=O)c2c(O)cc(OC)cc2OC)c(OC)c1. The maximum atomic E-state index is 12.5. The minimum Gasteiger partial charge on any atom is -0.507 e. The Morgan fingerprint density at radius 1 is 0.880 bits per heavy atom. The van der Waals surface area contributed by atoms with Gasteiger partial charge >= 0.3 is 0 Å². The molecular weight excluding hydrogens is 324 g/mol. The molecule has 1 N–H and O–H groups in total. The van der Waals surface area contributed by atoms with Crippen molar-refractivity contribution in [1.29, 1.82) is 0 Å². The van der Waals surface area contributed by atoms with Gasteiger partial charge in [0.1, 0.15) is 34.3 Å². The molecule has 0 aliphatic carbocycles. The number of carbonyl (C=O) groups excluding carboxylic acids is 1. The van der Waals surface area contributed by atoms with Gasteiger partial charge in [0.15, 0.2) is 5.78 Å². The Bertz CT molecular complexity index is 795. The van der Waals surface area contributed by atoms with Crippen molar-refractivity contribution in [3.8, 4) is 28.7 Å². The van der Waals surface area contributed by atoms with Gasteiger partial charge in [-0.1, -0.05) is 0 Å². The summed E-state index contributed by atoms with van der Waals surface area (Å²) < 4.78 is 20.7. The maximum absolute atomic E-state index is 12.5. The number of benzene rings is 2. The number of methoxy groups -OCH3 is 4. The molecule has 0 bridgehead atoms. The smallest absolute Gasteiger partial charge is 0.193 e. The summed E-state index contributed by atoms with van der Waals surface area (Å²) in [6.07, 6.45) is 2.94. The summed E-state index contributed by atoms with van der Waals surface area (Å²) in [5, 5.41) is 10.1. The lowest BCUT2D eigenvalue weighted by atomic mass is 10.1. The fourth-order valence-corrected chi connectivity index (χ4v) is 2.31. The molecule has 0 aliphatic heterocycles. The molecule has 6 nitrogen and oxygen atoms in total. The highest BCUT2D eigenvalue weighted by molar-refractivity contribution is 6.10. The second-order valence-electron chi connectivity index (χ2n) is 5.03. The van der Waals surface area contributed by atoms with Crippen molar-refractivity contribution >= 4 is 11.9 Å². The van der Waals surface area contributed by atoms with E-state index in [0.717, 1.165) is 0 Å². The predicted octanol–water partition coefficient (Wildman–Crippen LogP) is 3.32. The molecule has 0 radical (unpaired) electrons. The summed E-state index contributed by atoms with van der Waals surface area (Å²) in [7, 11) is 5.98. The Kier molecular flexibility index (Phi) is 5.89. The van der Waals surface area contributed by atoms with E-state index in [2.05, 4.69) is 0 Å². The Morgan fingerprint density at radius 3 is 2.12 bits per heavy atom. The van der Waals surface area contributed by atoms with E-state index in [1.165, 1.54) is 39.5 Å². The summed E-state index contributed by atoms with van der Waals surface area (Å²) in [4.78, 5) is 12.5. The van der Waals surface area contributed by atoms with Crippen LogP contribution in [0.1, 0.15) is 15.9 Å². The second-order valence-corrected chi connectivity index (χ2v) is 5.03. The zero-order valence-corrected chi connectivity index (χ0v) is 14.5. The van der Waals surface area contributed by atoms with Gasteiger partial charge in [-0.15, -0.1) is 0 Å². The Labute approximate surface area is 146 Å². The van der Waals surface area contributed by atoms with Crippen LogP contribution in [0.5, 0.6) is 28.7 Å². The van der Waals surface area contributed by atoms with Crippen molar-refractivity contribution in [3.63, 3.8) is 0 Å². The average Bonchev–Trinajstić information content (AvgIpc) is 2.64. The van der Waals surface area contributed by atoms with Gasteiger partial charge < -0.3 is 24.1 Å². The first-order valence-corrected chi connectivity index (χ1v) is 7.43. The molecule has 2 aromatic rings. The number of allylic oxidation sites excluding steroid dienone is 1. The Balaban J connectivity index is 2.35. The third kappa shape index (κ3) is 4.03. The van der Waals surface area contributed by atoms with Gasteiger partial charge in [-0.3, -0.25) is 4.79 Å². The standard InChI is InChI=1S/C19H20O6/c1-22-13-7-5-12(17(10-13)24-3)6-8-15(20)19-16(21)9-14(23-2)11-18(19)25-4/h5-11,21H,1-4H3/b8-6+. The molecule has 0 spiro atoms. The summed E-state index contributed by atoms with van der Waals surface area (Å²) >= 11 is 0. The van der Waals surface area contributed by atoms with Crippen molar-refractivity contribution in [3.05, 3.63) is 47.5 Å². The topological polar surface area (TPSA) is 74.2 Å². The first-order chi connectivity index (χ1) is 12.0. The number of aromatic hydroxyl groups is 1. The highest BCUT2D eigenvalue weighted by Gasteiger charge is 2.17. The van der Waals surface area contributed by atoms with Crippen LogP contribution < -0.4 is 18.9 Å². The summed E-state index contributed by atoms with van der Waals surface area (Å²) in [5.41, 5.74) is 0.760. The second kappa shape index (κ2) is 8.10. The first kappa shape index (κ1) is 18.2. The third-order valence-electron chi connectivity index (χ3n) is 3.61. The largest absolute Gasteiger partial charge is 0.507 e. The van der Waals surface area contributed by atoms with Crippen LogP contribution in [0.25, 0.3) is 6.08 Å². The number of rotatable bonds is 7. The number of phenols is 1. The molecule has 0 aromatic heterocycles. The van der Waals surface area contributed by atoms with Gasteiger partial charge in [-0.25, -0.2) is 0 Å². The van der Waals surface area contributed by atoms with Gasteiger partial charge in [0.05, 0.1) is 28.4 Å². The van der Waals surface area contributed by atoms with Crippen LogP contribution in [0.2, 0.25) is 0 Å². The minimum absolute atomic E-state index is 0.0621. The van der Waals surface area contributed by atoms with E-state index in [1.807, 2.05) is 0 Å². The average molecular weight is 344 g/mol. The predicted molar refractivity (Wildman–Crippen MR) is 94.1 cm³/mol. The van der Waals surface area contributed by atoms with Gasteiger partial charge in [0, 0.05) is 23.8 Å². The van der Waals surface area contributed by atoms with Gasteiger partial charge in [-0.05, 0) is 24.3 Å². The molecule has 0 aliphatic rings. The lowest BCUT2D eigenvalue weighted by Gasteiger charge is -2.10. The van der Waals surface area contributed by atoms with Crippen molar-refractivity contribution < 1.29 is 28.8 Å². The highest BCUT2D eigenvalue weighted by atomic mass is 16.5. The van der Waals surface area contributed by atoms with E-state index >= 15 is 0 Å². The molecule has 0 fully saturated rings. The fraction of sp³-hybridized carbons (Fsp3) is 0.211. The number of ether oxygens (including phenoxy) is 4. The molecule has 0 saturated carbocycles. The zero-order chi connectivity index (χ0) is 18.4. The first-order valence-electron chi connectivity index (χ1n) is 7.43. The molecule has 2 aromatic carbocycles. The molecule has 0 amide bonds. The van der Waals surface area contributed by atoms with E-state index in [9.17, 15) is 9.90 Å². The van der Waals surface area contributed by atoms with Crippen molar-refractivity contribution in [2.45, 2.75) is 0 Å².